The monoisotopic (exact) mass is 350 g/mol. The van der Waals surface area contributed by atoms with Crippen molar-refractivity contribution in [2.75, 3.05) is 31.1 Å². The molecular formula is C19H18N4O3. The molecule has 1 amide bonds. The predicted octanol–water partition coefficient (Wildman–Crippen LogP) is 1.99. The number of aromatic amines is 1. The quantitative estimate of drug-likeness (QED) is 0.781. The Morgan fingerprint density at radius 1 is 1.08 bits per heavy atom. The lowest BCUT2D eigenvalue weighted by Crippen LogP contribution is -2.50. The number of aromatic nitrogens is 2. The Kier molecular flexibility index (Phi) is 4.27. The van der Waals surface area contributed by atoms with Crippen molar-refractivity contribution < 1.29 is 9.21 Å². The summed E-state index contributed by atoms with van der Waals surface area (Å²) < 4.78 is 5.36. The Balaban J connectivity index is 1.42. The van der Waals surface area contributed by atoms with E-state index in [-0.39, 0.29) is 11.5 Å². The highest BCUT2D eigenvalue weighted by atomic mass is 16.3. The first-order valence-electron chi connectivity index (χ1n) is 8.44. The molecule has 1 N–H and O–H groups in total. The van der Waals surface area contributed by atoms with Crippen LogP contribution in [0.2, 0.25) is 0 Å². The van der Waals surface area contributed by atoms with Gasteiger partial charge in [0, 0.05) is 49.7 Å². The van der Waals surface area contributed by atoms with E-state index in [1.165, 1.54) is 6.20 Å². The Bertz CT molecular complexity index is 939. The molecule has 7 nitrogen and oxygen atoms in total. The van der Waals surface area contributed by atoms with E-state index < -0.39 is 0 Å². The number of carbonyl (C=O) groups excluding carboxylic acids is 1. The summed E-state index contributed by atoms with van der Waals surface area (Å²) in [6, 6.07) is 11.1. The maximum absolute atomic E-state index is 12.7. The van der Waals surface area contributed by atoms with Crippen molar-refractivity contribution in [1.82, 2.24) is 14.9 Å². The number of nitrogens with one attached hydrogen (secondary N) is 1. The number of rotatable bonds is 3. The second-order valence-corrected chi connectivity index (χ2v) is 6.08. The summed E-state index contributed by atoms with van der Waals surface area (Å²) >= 11 is 0. The molecule has 7 heteroatoms. The number of hydrogen-bond donors (Lipinski definition) is 1. The molecule has 0 atom stereocenters. The second-order valence-electron chi connectivity index (χ2n) is 6.08. The van der Waals surface area contributed by atoms with Crippen LogP contribution in [-0.4, -0.2) is 47.0 Å². The highest BCUT2D eigenvalue weighted by Crippen LogP contribution is 2.21. The SMILES string of the molecule is O=C(c1ccc(-c2ccco2)cc1)N1CCN(c2ncc[nH]c2=O)CC1. The molecule has 3 aromatic rings. The zero-order valence-electron chi connectivity index (χ0n) is 14.1. The van der Waals surface area contributed by atoms with Gasteiger partial charge < -0.3 is 19.2 Å². The number of hydrogen-bond acceptors (Lipinski definition) is 5. The number of H-pyrrole nitrogens is 1. The lowest BCUT2D eigenvalue weighted by molar-refractivity contribution is 0.0746. The van der Waals surface area contributed by atoms with Crippen LogP contribution in [0.1, 0.15) is 10.4 Å². The molecule has 1 fully saturated rings. The summed E-state index contributed by atoms with van der Waals surface area (Å²) in [4.78, 5) is 35.0. The van der Waals surface area contributed by atoms with Crippen LogP contribution < -0.4 is 10.5 Å². The summed E-state index contributed by atoms with van der Waals surface area (Å²) in [5.41, 5.74) is 1.37. The maximum Gasteiger partial charge on any atom is 0.290 e. The molecule has 3 heterocycles. The zero-order valence-corrected chi connectivity index (χ0v) is 14.1. The van der Waals surface area contributed by atoms with Crippen LogP contribution in [0.5, 0.6) is 0 Å². The van der Waals surface area contributed by atoms with Crippen molar-refractivity contribution in [3.05, 3.63) is 71.0 Å². The fraction of sp³-hybridized carbons (Fsp3) is 0.211. The van der Waals surface area contributed by atoms with Gasteiger partial charge in [0.1, 0.15) is 5.76 Å². The molecule has 0 spiro atoms. The van der Waals surface area contributed by atoms with Gasteiger partial charge in [0.05, 0.1) is 6.26 Å². The first kappa shape index (κ1) is 16.1. The van der Waals surface area contributed by atoms with Crippen molar-refractivity contribution in [2.24, 2.45) is 0 Å². The molecule has 0 bridgehead atoms. The van der Waals surface area contributed by atoms with Crippen LogP contribution in [0, 0.1) is 0 Å². The van der Waals surface area contributed by atoms with Crippen molar-refractivity contribution in [2.45, 2.75) is 0 Å². The number of piperazine rings is 1. The number of anilines is 1. The zero-order chi connectivity index (χ0) is 17.9. The Labute approximate surface area is 149 Å². The third-order valence-corrected chi connectivity index (χ3v) is 4.49. The van der Waals surface area contributed by atoms with Crippen LogP contribution in [0.25, 0.3) is 11.3 Å². The number of benzene rings is 1. The van der Waals surface area contributed by atoms with Gasteiger partial charge in [0.2, 0.25) is 0 Å². The molecule has 1 aliphatic heterocycles. The van der Waals surface area contributed by atoms with Crippen molar-refractivity contribution >= 4 is 11.7 Å². The molecule has 0 aliphatic carbocycles. The normalized spacial score (nSPS) is 14.5. The Morgan fingerprint density at radius 2 is 1.85 bits per heavy atom. The Morgan fingerprint density at radius 3 is 2.50 bits per heavy atom. The van der Waals surface area contributed by atoms with E-state index >= 15 is 0 Å². The van der Waals surface area contributed by atoms with Gasteiger partial charge in [0.25, 0.3) is 11.5 Å². The number of amides is 1. The smallest absolute Gasteiger partial charge is 0.290 e. The summed E-state index contributed by atoms with van der Waals surface area (Å²) in [6.07, 6.45) is 4.70. The maximum atomic E-state index is 12.7. The molecular weight excluding hydrogens is 332 g/mol. The van der Waals surface area contributed by atoms with Crippen LogP contribution >= 0.6 is 0 Å². The van der Waals surface area contributed by atoms with Gasteiger partial charge >= 0.3 is 0 Å². The predicted molar refractivity (Wildman–Crippen MR) is 97.1 cm³/mol. The minimum atomic E-state index is -0.208. The molecule has 0 unspecified atom stereocenters. The number of furan rings is 1. The van der Waals surface area contributed by atoms with E-state index in [0.29, 0.717) is 37.6 Å². The fourth-order valence-electron chi connectivity index (χ4n) is 3.09. The van der Waals surface area contributed by atoms with E-state index in [2.05, 4.69) is 9.97 Å². The van der Waals surface area contributed by atoms with Crippen LogP contribution in [-0.2, 0) is 0 Å². The van der Waals surface area contributed by atoms with Gasteiger partial charge in [-0.05, 0) is 24.3 Å². The first-order valence-corrected chi connectivity index (χ1v) is 8.44. The lowest BCUT2D eigenvalue weighted by atomic mass is 10.1. The molecule has 1 saturated heterocycles. The van der Waals surface area contributed by atoms with Gasteiger partial charge in [-0.2, -0.15) is 0 Å². The molecule has 26 heavy (non-hydrogen) atoms. The van der Waals surface area contributed by atoms with E-state index in [0.717, 1.165) is 11.3 Å². The number of nitrogens with zero attached hydrogens (tertiary/aromatic N) is 3. The average Bonchev–Trinajstić information content (AvgIpc) is 3.23. The van der Waals surface area contributed by atoms with Gasteiger partial charge in [0.15, 0.2) is 5.82 Å². The van der Waals surface area contributed by atoms with Crippen LogP contribution in [0.15, 0.2) is 64.3 Å². The third kappa shape index (κ3) is 3.11. The highest BCUT2D eigenvalue weighted by Gasteiger charge is 2.24. The minimum Gasteiger partial charge on any atom is -0.464 e. The van der Waals surface area contributed by atoms with Gasteiger partial charge in [-0.15, -0.1) is 0 Å². The molecule has 132 valence electrons. The minimum absolute atomic E-state index is 0.00873. The highest BCUT2D eigenvalue weighted by molar-refractivity contribution is 5.94. The standard InChI is InChI=1S/C19H18N4O3/c24-18-17(20-7-8-21-18)22-9-11-23(12-10-22)19(25)15-5-3-14(4-6-15)16-2-1-13-26-16/h1-8,13H,9-12H2,(H,21,24). The molecule has 2 aromatic heterocycles. The summed E-state index contributed by atoms with van der Waals surface area (Å²) in [5, 5.41) is 0. The van der Waals surface area contributed by atoms with Crippen molar-refractivity contribution in [1.29, 1.82) is 0 Å². The summed E-state index contributed by atoms with van der Waals surface area (Å²) in [6.45, 7) is 2.26. The first-order chi connectivity index (χ1) is 12.7. The van der Waals surface area contributed by atoms with Gasteiger partial charge in [-0.25, -0.2) is 4.98 Å². The lowest BCUT2D eigenvalue weighted by Gasteiger charge is -2.34. The van der Waals surface area contributed by atoms with E-state index in [1.807, 2.05) is 41.3 Å². The topological polar surface area (TPSA) is 82.4 Å². The largest absolute Gasteiger partial charge is 0.464 e. The van der Waals surface area contributed by atoms with Crippen molar-refractivity contribution in [3.8, 4) is 11.3 Å². The average molecular weight is 350 g/mol. The summed E-state index contributed by atoms with van der Waals surface area (Å²) in [7, 11) is 0. The molecule has 1 aromatic carbocycles. The molecule has 4 rings (SSSR count). The third-order valence-electron chi connectivity index (χ3n) is 4.49. The number of carbonyl (C=O) groups is 1. The van der Waals surface area contributed by atoms with E-state index in [4.69, 9.17) is 4.42 Å². The molecule has 0 radical (unpaired) electrons. The fourth-order valence-corrected chi connectivity index (χ4v) is 3.09. The van der Waals surface area contributed by atoms with Crippen molar-refractivity contribution in [3.63, 3.8) is 0 Å². The summed E-state index contributed by atoms with van der Waals surface area (Å²) in [5.74, 6) is 1.17. The van der Waals surface area contributed by atoms with Gasteiger partial charge in [-0.1, -0.05) is 12.1 Å². The van der Waals surface area contributed by atoms with Gasteiger partial charge in [-0.3, -0.25) is 9.59 Å². The second kappa shape index (κ2) is 6.87. The van der Waals surface area contributed by atoms with E-state index in [1.54, 1.807) is 17.4 Å². The Hall–Kier alpha value is -3.35. The van der Waals surface area contributed by atoms with Crippen LogP contribution in [0.4, 0.5) is 5.82 Å². The molecule has 1 aliphatic rings. The van der Waals surface area contributed by atoms with E-state index in [9.17, 15) is 9.59 Å². The molecule has 0 saturated carbocycles. The van der Waals surface area contributed by atoms with Crippen LogP contribution in [0.3, 0.4) is 0 Å².